The van der Waals surface area contributed by atoms with Crippen LogP contribution in [-0.2, 0) is 13.2 Å². The van der Waals surface area contributed by atoms with Crippen molar-refractivity contribution in [1.29, 1.82) is 0 Å². The maximum absolute atomic E-state index is 5.94. The van der Waals surface area contributed by atoms with Crippen molar-refractivity contribution < 1.29 is 9.47 Å². The SMILES string of the molecule is COc1cc(CNn2cn[nH]c2=S)ccc1OCc1ccccc1C. The normalized spacial score (nSPS) is 10.5. The largest absolute Gasteiger partial charge is 0.493 e. The minimum atomic E-state index is 0.505. The molecule has 0 fully saturated rings. The third-order valence-corrected chi connectivity index (χ3v) is 4.17. The number of aromatic nitrogens is 3. The highest BCUT2D eigenvalue weighted by molar-refractivity contribution is 7.71. The Balaban J connectivity index is 1.68. The summed E-state index contributed by atoms with van der Waals surface area (Å²) in [6.07, 6.45) is 1.60. The third-order valence-electron chi connectivity index (χ3n) is 3.88. The molecule has 0 aliphatic rings. The van der Waals surface area contributed by atoms with E-state index in [9.17, 15) is 0 Å². The van der Waals surface area contributed by atoms with Crippen molar-refractivity contribution in [2.45, 2.75) is 20.1 Å². The maximum Gasteiger partial charge on any atom is 0.214 e. The van der Waals surface area contributed by atoms with Gasteiger partial charge in [-0.2, -0.15) is 5.10 Å². The summed E-state index contributed by atoms with van der Waals surface area (Å²) in [6.45, 7) is 3.17. The topological polar surface area (TPSA) is 64.1 Å². The van der Waals surface area contributed by atoms with Crippen LogP contribution in [0.3, 0.4) is 0 Å². The van der Waals surface area contributed by atoms with Crippen LogP contribution in [0.5, 0.6) is 11.5 Å². The number of rotatable bonds is 7. The van der Waals surface area contributed by atoms with E-state index in [-0.39, 0.29) is 0 Å². The van der Waals surface area contributed by atoms with Crippen molar-refractivity contribution in [3.63, 3.8) is 0 Å². The molecular formula is C18H20N4O2S. The standard InChI is InChI=1S/C18H20N4O2S/c1-13-5-3-4-6-15(13)11-24-16-8-7-14(9-17(16)23-2)10-20-22-12-19-21-18(22)25/h3-9,12,20H,10-11H2,1-2H3,(H,21,25). The second-order valence-electron chi connectivity index (χ2n) is 5.57. The summed E-state index contributed by atoms with van der Waals surface area (Å²) in [4.78, 5) is 0. The van der Waals surface area contributed by atoms with E-state index in [4.69, 9.17) is 21.7 Å². The number of aryl methyl sites for hydroxylation is 1. The lowest BCUT2D eigenvalue weighted by Gasteiger charge is -2.14. The van der Waals surface area contributed by atoms with E-state index < -0.39 is 0 Å². The van der Waals surface area contributed by atoms with Gasteiger partial charge in [0.1, 0.15) is 12.9 Å². The fourth-order valence-electron chi connectivity index (χ4n) is 2.41. The Hall–Kier alpha value is -2.80. The molecule has 0 atom stereocenters. The zero-order valence-corrected chi connectivity index (χ0v) is 15.0. The van der Waals surface area contributed by atoms with Gasteiger partial charge in [-0.3, -0.25) is 5.10 Å². The van der Waals surface area contributed by atoms with E-state index in [0.717, 1.165) is 16.9 Å². The van der Waals surface area contributed by atoms with Crippen LogP contribution < -0.4 is 14.9 Å². The van der Waals surface area contributed by atoms with Crippen LogP contribution in [0.15, 0.2) is 48.8 Å². The number of H-pyrrole nitrogens is 1. The van der Waals surface area contributed by atoms with E-state index in [1.165, 1.54) is 5.56 Å². The molecule has 0 aliphatic heterocycles. The summed E-state index contributed by atoms with van der Waals surface area (Å²) < 4.78 is 13.6. The number of ether oxygens (including phenoxy) is 2. The van der Waals surface area contributed by atoms with Crippen molar-refractivity contribution >= 4 is 12.2 Å². The predicted octanol–water partition coefficient (Wildman–Crippen LogP) is 3.58. The van der Waals surface area contributed by atoms with Crippen LogP contribution in [0, 0.1) is 11.7 Å². The summed E-state index contributed by atoms with van der Waals surface area (Å²) in [5.74, 6) is 1.41. The summed E-state index contributed by atoms with van der Waals surface area (Å²) in [5.41, 5.74) is 6.58. The van der Waals surface area contributed by atoms with Gasteiger partial charge in [0, 0.05) is 0 Å². The van der Waals surface area contributed by atoms with E-state index in [1.54, 1.807) is 18.1 Å². The molecule has 25 heavy (non-hydrogen) atoms. The van der Waals surface area contributed by atoms with Gasteiger partial charge >= 0.3 is 0 Å². The zero-order chi connectivity index (χ0) is 17.6. The molecule has 0 unspecified atom stereocenters. The highest BCUT2D eigenvalue weighted by Gasteiger charge is 2.07. The van der Waals surface area contributed by atoms with Crippen molar-refractivity contribution in [2.24, 2.45) is 0 Å². The minimum absolute atomic E-state index is 0.505. The average Bonchev–Trinajstić information content (AvgIpc) is 3.04. The van der Waals surface area contributed by atoms with Gasteiger partial charge in [0.15, 0.2) is 11.5 Å². The van der Waals surface area contributed by atoms with Gasteiger partial charge in [0.25, 0.3) is 0 Å². The minimum Gasteiger partial charge on any atom is -0.493 e. The molecule has 1 aromatic heterocycles. The van der Waals surface area contributed by atoms with Gasteiger partial charge in [0.05, 0.1) is 13.7 Å². The van der Waals surface area contributed by atoms with Crippen LogP contribution in [0.4, 0.5) is 0 Å². The molecule has 0 radical (unpaired) electrons. The van der Waals surface area contributed by atoms with Gasteiger partial charge in [-0.05, 0) is 48.0 Å². The number of benzene rings is 2. The summed E-state index contributed by atoms with van der Waals surface area (Å²) in [5, 5.41) is 6.56. The lowest BCUT2D eigenvalue weighted by atomic mass is 10.1. The summed E-state index contributed by atoms with van der Waals surface area (Å²) >= 11 is 5.10. The number of methoxy groups -OCH3 is 1. The highest BCUT2D eigenvalue weighted by atomic mass is 32.1. The van der Waals surface area contributed by atoms with Gasteiger partial charge in [-0.25, -0.2) is 4.68 Å². The molecule has 0 saturated heterocycles. The van der Waals surface area contributed by atoms with Crippen LogP contribution in [0.2, 0.25) is 0 Å². The fraction of sp³-hybridized carbons (Fsp3) is 0.222. The van der Waals surface area contributed by atoms with E-state index in [2.05, 4.69) is 34.7 Å². The quantitative estimate of drug-likeness (QED) is 0.634. The Morgan fingerprint density at radius 2 is 2.04 bits per heavy atom. The zero-order valence-electron chi connectivity index (χ0n) is 14.2. The van der Waals surface area contributed by atoms with E-state index >= 15 is 0 Å². The lowest BCUT2D eigenvalue weighted by molar-refractivity contribution is 0.283. The number of nitrogens with zero attached hydrogens (tertiary/aromatic N) is 2. The first-order valence-electron chi connectivity index (χ1n) is 7.87. The molecule has 130 valence electrons. The van der Waals surface area contributed by atoms with Crippen molar-refractivity contribution in [3.05, 3.63) is 70.3 Å². The van der Waals surface area contributed by atoms with Crippen molar-refractivity contribution in [1.82, 2.24) is 14.9 Å². The lowest BCUT2D eigenvalue weighted by Crippen LogP contribution is -2.13. The molecule has 7 heteroatoms. The maximum atomic E-state index is 5.94. The Morgan fingerprint density at radius 1 is 1.20 bits per heavy atom. The Morgan fingerprint density at radius 3 is 2.76 bits per heavy atom. The summed E-state index contributed by atoms with van der Waals surface area (Å²) in [6, 6.07) is 14.0. The second kappa shape index (κ2) is 7.85. The molecule has 2 N–H and O–H groups in total. The molecule has 2 aromatic carbocycles. The van der Waals surface area contributed by atoms with Crippen LogP contribution in [0.1, 0.15) is 16.7 Å². The van der Waals surface area contributed by atoms with Crippen LogP contribution >= 0.6 is 12.2 Å². The highest BCUT2D eigenvalue weighted by Crippen LogP contribution is 2.29. The smallest absolute Gasteiger partial charge is 0.214 e. The first-order valence-corrected chi connectivity index (χ1v) is 8.28. The predicted molar refractivity (Wildman–Crippen MR) is 99.0 cm³/mol. The molecule has 6 nitrogen and oxygen atoms in total. The van der Waals surface area contributed by atoms with E-state index in [1.807, 2.05) is 30.3 Å². The number of aromatic amines is 1. The fourth-order valence-corrected chi connectivity index (χ4v) is 2.57. The average molecular weight is 356 g/mol. The van der Waals surface area contributed by atoms with Crippen molar-refractivity contribution in [3.8, 4) is 11.5 Å². The van der Waals surface area contributed by atoms with Gasteiger partial charge in [-0.15, -0.1) is 0 Å². The number of nitrogens with one attached hydrogen (secondary N) is 2. The second-order valence-corrected chi connectivity index (χ2v) is 5.95. The van der Waals surface area contributed by atoms with Gasteiger partial charge < -0.3 is 14.9 Å². The Kier molecular flexibility index (Phi) is 5.35. The first-order chi connectivity index (χ1) is 12.2. The molecule has 3 rings (SSSR count). The molecular weight excluding hydrogens is 336 g/mol. The first kappa shape index (κ1) is 17.0. The van der Waals surface area contributed by atoms with E-state index in [0.29, 0.717) is 23.7 Å². The molecule has 0 aliphatic carbocycles. The van der Waals surface area contributed by atoms with Gasteiger partial charge in [0.2, 0.25) is 4.77 Å². The van der Waals surface area contributed by atoms with Crippen molar-refractivity contribution in [2.75, 3.05) is 12.5 Å². The summed E-state index contributed by atoms with van der Waals surface area (Å²) in [7, 11) is 1.64. The molecule has 0 amide bonds. The Labute approximate surface area is 151 Å². The van der Waals surface area contributed by atoms with Crippen LogP contribution in [-0.4, -0.2) is 22.0 Å². The third kappa shape index (κ3) is 4.19. The molecule has 0 spiro atoms. The molecule has 0 bridgehead atoms. The molecule has 3 aromatic rings. The number of hydrogen-bond donors (Lipinski definition) is 2. The van der Waals surface area contributed by atoms with Gasteiger partial charge in [-0.1, -0.05) is 30.3 Å². The molecule has 0 saturated carbocycles. The van der Waals surface area contributed by atoms with Crippen LogP contribution in [0.25, 0.3) is 0 Å². The monoisotopic (exact) mass is 356 g/mol. The molecule has 1 heterocycles. The Bertz CT molecular complexity index is 904. The number of hydrogen-bond acceptors (Lipinski definition) is 5.